The zero-order valence-corrected chi connectivity index (χ0v) is 19.8. The predicted molar refractivity (Wildman–Crippen MR) is 131 cm³/mol. The van der Waals surface area contributed by atoms with E-state index >= 15 is 0 Å². The van der Waals surface area contributed by atoms with Crippen LogP contribution in [0.15, 0.2) is 70.5 Å². The number of aromatic nitrogens is 4. The lowest BCUT2D eigenvalue weighted by Crippen LogP contribution is -2.48. The molecular weight excluding hydrogens is 467 g/mol. The molecule has 186 valence electrons. The fourth-order valence-corrected chi connectivity index (χ4v) is 3.80. The Hall–Kier alpha value is -4.54. The van der Waals surface area contributed by atoms with Crippen molar-refractivity contribution < 1.29 is 14.0 Å². The summed E-state index contributed by atoms with van der Waals surface area (Å²) in [5.41, 5.74) is 4.42. The summed E-state index contributed by atoms with van der Waals surface area (Å²) in [6, 6.07) is 13.9. The normalized spacial score (nSPS) is 11.1. The van der Waals surface area contributed by atoms with E-state index in [0.717, 1.165) is 22.3 Å². The number of rotatable bonds is 7. The van der Waals surface area contributed by atoms with E-state index in [4.69, 9.17) is 0 Å². The molecule has 0 fully saturated rings. The van der Waals surface area contributed by atoms with Gasteiger partial charge in [0.2, 0.25) is 0 Å². The molecule has 0 aliphatic rings. The van der Waals surface area contributed by atoms with Crippen molar-refractivity contribution in [3.8, 4) is 0 Å². The average molecular weight is 493 g/mol. The van der Waals surface area contributed by atoms with Crippen LogP contribution in [0.2, 0.25) is 0 Å². The number of imidazole rings is 1. The SMILES string of the molecule is CC(C)Cn1cnc2c1c(=O)n(CC(=O)NNC(=O)c1ccc(F)cc1)c(=O)n2Cc1ccccc1. The summed E-state index contributed by atoms with van der Waals surface area (Å²) in [6.45, 7) is 4.00. The van der Waals surface area contributed by atoms with Crippen molar-refractivity contribution in [3.63, 3.8) is 0 Å². The Kier molecular flexibility index (Phi) is 7.09. The highest BCUT2D eigenvalue weighted by atomic mass is 19.1. The lowest BCUT2D eigenvalue weighted by Gasteiger charge is -2.14. The van der Waals surface area contributed by atoms with Crippen molar-refractivity contribution in [1.29, 1.82) is 0 Å². The summed E-state index contributed by atoms with van der Waals surface area (Å²) in [5, 5.41) is 0. The second-order valence-electron chi connectivity index (χ2n) is 8.72. The van der Waals surface area contributed by atoms with Gasteiger partial charge in [0.15, 0.2) is 11.2 Å². The summed E-state index contributed by atoms with van der Waals surface area (Å²) in [5.74, 6) is -1.77. The number of carbonyl (C=O) groups excluding carboxylic acids is 2. The Morgan fingerprint density at radius 2 is 1.67 bits per heavy atom. The molecule has 0 aliphatic carbocycles. The molecule has 4 rings (SSSR count). The molecule has 0 bridgehead atoms. The van der Waals surface area contributed by atoms with Crippen LogP contribution in [0.3, 0.4) is 0 Å². The predicted octanol–water partition coefficient (Wildman–Crippen LogP) is 1.66. The van der Waals surface area contributed by atoms with Crippen molar-refractivity contribution in [2.75, 3.05) is 0 Å². The summed E-state index contributed by atoms with van der Waals surface area (Å²) in [6.07, 6.45) is 1.51. The van der Waals surface area contributed by atoms with E-state index in [2.05, 4.69) is 15.8 Å². The van der Waals surface area contributed by atoms with Gasteiger partial charge in [-0.3, -0.25) is 29.8 Å². The van der Waals surface area contributed by atoms with Crippen LogP contribution in [0.25, 0.3) is 11.2 Å². The Bertz CT molecular complexity index is 1520. The van der Waals surface area contributed by atoms with Gasteiger partial charge in [0, 0.05) is 12.1 Å². The highest BCUT2D eigenvalue weighted by molar-refractivity contribution is 5.95. The van der Waals surface area contributed by atoms with E-state index in [1.54, 1.807) is 4.57 Å². The Labute approximate surface area is 205 Å². The fraction of sp³-hybridized carbons (Fsp3) is 0.240. The third-order valence-electron chi connectivity index (χ3n) is 5.45. The molecule has 0 spiro atoms. The number of fused-ring (bicyclic) bond motifs is 1. The van der Waals surface area contributed by atoms with E-state index in [1.807, 2.05) is 44.2 Å². The van der Waals surface area contributed by atoms with E-state index in [0.29, 0.717) is 6.54 Å². The molecule has 2 N–H and O–H groups in total. The summed E-state index contributed by atoms with van der Waals surface area (Å²) in [4.78, 5) is 55.8. The van der Waals surface area contributed by atoms with Crippen LogP contribution in [0, 0.1) is 11.7 Å². The minimum atomic E-state index is -0.787. The second kappa shape index (κ2) is 10.4. The maximum Gasteiger partial charge on any atom is 0.333 e. The van der Waals surface area contributed by atoms with Crippen LogP contribution in [0.1, 0.15) is 29.8 Å². The standard InChI is InChI=1S/C25H25FN6O4/c1-16(2)12-30-15-27-22-21(30)24(35)32(25(36)31(22)13-17-6-4-3-5-7-17)14-20(33)28-29-23(34)18-8-10-19(26)11-9-18/h3-11,15-16H,12-14H2,1-2H3,(H,28,33)(H,29,34). The molecule has 2 aromatic heterocycles. The van der Waals surface area contributed by atoms with E-state index < -0.39 is 35.4 Å². The Balaban J connectivity index is 1.66. The lowest BCUT2D eigenvalue weighted by molar-refractivity contribution is -0.122. The number of amides is 2. The molecule has 0 atom stereocenters. The minimum absolute atomic E-state index is 0.123. The number of benzene rings is 2. The van der Waals surface area contributed by atoms with Gasteiger partial charge in [-0.1, -0.05) is 44.2 Å². The molecule has 2 amide bonds. The first kappa shape index (κ1) is 24.6. The van der Waals surface area contributed by atoms with E-state index in [1.165, 1.54) is 23.0 Å². The number of hydrazine groups is 1. The summed E-state index contributed by atoms with van der Waals surface area (Å²) < 4.78 is 16.9. The van der Waals surface area contributed by atoms with E-state index in [9.17, 15) is 23.6 Å². The van der Waals surface area contributed by atoms with Gasteiger partial charge in [0.1, 0.15) is 12.4 Å². The molecule has 0 saturated carbocycles. The molecule has 0 aliphatic heterocycles. The number of hydrogen-bond donors (Lipinski definition) is 2. The maximum absolute atomic E-state index is 13.3. The van der Waals surface area contributed by atoms with Crippen molar-refractivity contribution >= 4 is 23.0 Å². The number of carbonyl (C=O) groups is 2. The average Bonchev–Trinajstić information content (AvgIpc) is 3.27. The number of nitrogens with one attached hydrogen (secondary N) is 2. The first-order valence-corrected chi connectivity index (χ1v) is 11.3. The van der Waals surface area contributed by atoms with Crippen LogP contribution in [-0.2, 0) is 24.4 Å². The largest absolute Gasteiger partial charge is 0.333 e. The number of halogens is 1. The zero-order valence-electron chi connectivity index (χ0n) is 19.8. The monoisotopic (exact) mass is 492 g/mol. The van der Waals surface area contributed by atoms with Crippen LogP contribution < -0.4 is 22.1 Å². The molecule has 0 saturated heterocycles. The van der Waals surface area contributed by atoms with Gasteiger partial charge in [0.25, 0.3) is 17.4 Å². The third-order valence-corrected chi connectivity index (χ3v) is 5.45. The second-order valence-corrected chi connectivity index (χ2v) is 8.72. The first-order chi connectivity index (χ1) is 17.2. The Morgan fingerprint density at radius 1 is 0.972 bits per heavy atom. The molecule has 2 heterocycles. The lowest BCUT2D eigenvalue weighted by atomic mass is 10.2. The number of nitrogens with zero attached hydrogens (tertiary/aromatic N) is 4. The minimum Gasteiger partial charge on any atom is -0.324 e. The van der Waals surface area contributed by atoms with Crippen LogP contribution >= 0.6 is 0 Å². The van der Waals surface area contributed by atoms with Gasteiger partial charge < -0.3 is 4.57 Å². The molecular formula is C25H25FN6O4. The highest BCUT2D eigenvalue weighted by Gasteiger charge is 2.20. The quantitative estimate of drug-likeness (QED) is 0.380. The summed E-state index contributed by atoms with van der Waals surface area (Å²) in [7, 11) is 0. The van der Waals surface area contributed by atoms with Crippen molar-refractivity contribution in [1.82, 2.24) is 29.5 Å². The molecule has 0 unspecified atom stereocenters. The van der Waals surface area contributed by atoms with Crippen molar-refractivity contribution in [2.24, 2.45) is 5.92 Å². The molecule has 0 radical (unpaired) electrons. The van der Waals surface area contributed by atoms with Gasteiger partial charge in [-0.15, -0.1) is 0 Å². The van der Waals surface area contributed by atoms with Crippen molar-refractivity contribution in [3.05, 3.63) is 98.7 Å². The highest BCUT2D eigenvalue weighted by Crippen LogP contribution is 2.11. The number of hydrogen-bond acceptors (Lipinski definition) is 5. The molecule has 4 aromatic rings. The molecule has 2 aromatic carbocycles. The van der Waals surface area contributed by atoms with Crippen LogP contribution in [-0.4, -0.2) is 30.5 Å². The third kappa shape index (κ3) is 5.24. The van der Waals surface area contributed by atoms with Gasteiger partial charge in [-0.05, 0) is 35.7 Å². The molecule has 36 heavy (non-hydrogen) atoms. The zero-order chi connectivity index (χ0) is 25.8. The first-order valence-electron chi connectivity index (χ1n) is 11.3. The maximum atomic E-state index is 13.3. The Morgan fingerprint density at radius 3 is 2.33 bits per heavy atom. The van der Waals surface area contributed by atoms with Crippen LogP contribution in [0.5, 0.6) is 0 Å². The van der Waals surface area contributed by atoms with E-state index in [-0.39, 0.29) is 29.2 Å². The van der Waals surface area contributed by atoms with Gasteiger partial charge in [-0.25, -0.2) is 18.7 Å². The van der Waals surface area contributed by atoms with Crippen LogP contribution in [0.4, 0.5) is 4.39 Å². The van der Waals surface area contributed by atoms with Gasteiger partial charge in [0.05, 0.1) is 12.9 Å². The topological polar surface area (TPSA) is 120 Å². The fourth-order valence-electron chi connectivity index (χ4n) is 3.80. The van der Waals surface area contributed by atoms with Gasteiger partial charge in [-0.2, -0.15) is 0 Å². The molecule has 11 heteroatoms. The summed E-state index contributed by atoms with van der Waals surface area (Å²) >= 11 is 0. The van der Waals surface area contributed by atoms with Gasteiger partial charge >= 0.3 is 5.69 Å². The molecule has 10 nitrogen and oxygen atoms in total. The van der Waals surface area contributed by atoms with Crippen molar-refractivity contribution in [2.45, 2.75) is 33.5 Å². The smallest absolute Gasteiger partial charge is 0.324 e.